The molecule has 1 unspecified atom stereocenters. The van der Waals surface area contributed by atoms with Crippen LogP contribution in [0.3, 0.4) is 0 Å². The Kier molecular flexibility index (Phi) is 4.63. The minimum absolute atomic E-state index is 0.271. The highest BCUT2D eigenvalue weighted by atomic mass is 14.9. The van der Waals surface area contributed by atoms with Gasteiger partial charge >= 0.3 is 0 Å². The molecule has 1 aromatic heterocycles. The minimum Gasteiger partial charge on any atom is -0.310 e. The smallest absolute Gasteiger partial charge is 0.130 e. The molecule has 1 atom stereocenters. The van der Waals surface area contributed by atoms with Gasteiger partial charge in [-0.05, 0) is 32.0 Å². The van der Waals surface area contributed by atoms with Crippen LogP contribution in [0.4, 0.5) is 0 Å². The van der Waals surface area contributed by atoms with Gasteiger partial charge in [-0.2, -0.15) is 0 Å². The first-order valence-corrected chi connectivity index (χ1v) is 6.78. The van der Waals surface area contributed by atoms with Crippen LogP contribution in [0.25, 0.3) is 0 Å². The Hall–Kier alpha value is -1.74. The highest BCUT2D eigenvalue weighted by Gasteiger charge is 2.12. The van der Waals surface area contributed by atoms with Crippen LogP contribution in [0.2, 0.25) is 0 Å². The van der Waals surface area contributed by atoms with Crippen molar-refractivity contribution in [1.82, 2.24) is 15.3 Å². The molecule has 0 aliphatic rings. The van der Waals surface area contributed by atoms with Gasteiger partial charge in [-0.15, -0.1) is 0 Å². The maximum Gasteiger partial charge on any atom is 0.130 e. The predicted molar refractivity (Wildman–Crippen MR) is 78.1 cm³/mol. The Bertz CT molecular complexity index is 503. The molecular formula is C16H21N3. The number of hydrogen-bond donors (Lipinski definition) is 1. The van der Waals surface area contributed by atoms with Gasteiger partial charge in [0.15, 0.2) is 0 Å². The summed E-state index contributed by atoms with van der Waals surface area (Å²) >= 11 is 0. The van der Waals surface area contributed by atoms with E-state index in [9.17, 15) is 0 Å². The van der Waals surface area contributed by atoms with E-state index in [0.717, 1.165) is 30.2 Å². The average Bonchev–Trinajstić information content (AvgIpc) is 2.38. The van der Waals surface area contributed by atoms with Crippen molar-refractivity contribution in [3.63, 3.8) is 0 Å². The Labute approximate surface area is 115 Å². The van der Waals surface area contributed by atoms with Gasteiger partial charge in [0, 0.05) is 23.9 Å². The van der Waals surface area contributed by atoms with Crippen molar-refractivity contribution in [3.8, 4) is 0 Å². The quantitative estimate of drug-likeness (QED) is 0.892. The van der Waals surface area contributed by atoms with E-state index >= 15 is 0 Å². The molecule has 0 fully saturated rings. The second-order valence-electron chi connectivity index (χ2n) is 4.79. The Morgan fingerprint density at radius 3 is 2.26 bits per heavy atom. The first kappa shape index (κ1) is 13.7. The molecule has 0 radical (unpaired) electrons. The second-order valence-corrected chi connectivity index (χ2v) is 4.79. The fraction of sp³-hybridized carbons (Fsp3) is 0.375. The number of hydrogen-bond acceptors (Lipinski definition) is 3. The summed E-state index contributed by atoms with van der Waals surface area (Å²) in [6.45, 7) is 7.09. The van der Waals surface area contributed by atoms with Crippen molar-refractivity contribution in [2.45, 2.75) is 33.2 Å². The molecule has 0 aliphatic heterocycles. The summed E-state index contributed by atoms with van der Waals surface area (Å²) in [5.74, 6) is 0.910. The van der Waals surface area contributed by atoms with E-state index in [4.69, 9.17) is 0 Å². The summed E-state index contributed by atoms with van der Waals surface area (Å²) < 4.78 is 0. The van der Waals surface area contributed by atoms with Gasteiger partial charge in [0.2, 0.25) is 0 Å². The molecule has 0 amide bonds. The molecule has 2 aromatic rings. The maximum absolute atomic E-state index is 4.53. The van der Waals surface area contributed by atoms with E-state index in [2.05, 4.69) is 46.5 Å². The zero-order valence-corrected chi connectivity index (χ0v) is 11.9. The number of nitrogens with one attached hydrogen (secondary N) is 1. The SMILES string of the molecule is CCNC(Cc1nc(C)cc(C)n1)c1ccccc1. The Morgan fingerprint density at radius 2 is 1.68 bits per heavy atom. The minimum atomic E-state index is 0.271. The van der Waals surface area contributed by atoms with Crippen LogP contribution in [0, 0.1) is 13.8 Å². The maximum atomic E-state index is 4.53. The van der Waals surface area contributed by atoms with Crippen molar-refractivity contribution in [2.24, 2.45) is 0 Å². The first-order valence-electron chi connectivity index (χ1n) is 6.78. The fourth-order valence-corrected chi connectivity index (χ4v) is 2.31. The number of rotatable bonds is 5. The molecule has 1 N–H and O–H groups in total. The van der Waals surface area contributed by atoms with Crippen LogP contribution in [0.1, 0.15) is 35.7 Å². The number of nitrogens with zero attached hydrogens (tertiary/aromatic N) is 2. The van der Waals surface area contributed by atoms with E-state index in [1.54, 1.807) is 0 Å². The molecule has 0 saturated heterocycles. The third-order valence-electron chi connectivity index (χ3n) is 3.07. The van der Waals surface area contributed by atoms with Crippen molar-refractivity contribution < 1.29 is 0 Å². The van der Waals surface area contributed by atoms with Crippen LogP contribution in [-0.4, -0.2) is 16.5 Å². The molecule has 100 valence electrons. The van der Waals surface area contributed by atoms with Crippen LogP contribution >= 0.6 is 0 Å². The predicted octanol–water partition coefficient (Wildman–Crippen LogP) is 2.99. The van der Waals surface area contributed by atoms with Gasteiger partial charge in [0.1, 0.15) is 5.82 Å². The number of aromatic nitrogens is 2. The van der Waals surface area contributed by atoms with Crippen LogP contribution in [-0.2, 0) is 6.42 Å². The van der Waals surface area contributed by atoms with E-state index in [-0.39, 0.29) is 6.04 Å². The van der Waals surface area contributed by atoms with Gasteiger partial charge < -0.3 is 5.32 Å². The fourth-order valence-electron chi connectivity index (χ4n) is 2.31. The average molecular weight is 255 g/mol. The Balaban J connectivity index is 2.21. The number of likely N-dealkylation sites (N-methyl/N-ethyl adjacent to an activating group) is 1. The van der Waals surface area contributed by atoms with Crippen LogP contribution in [0.15, 0.2) is 36.4 Å². The molecule has 3 nitrogen and oxygen atoms in total. The normalized spacial score (nSPS) is 12.4. The third-order valence-corrected chi connectivity index (χ3v) is 3.07. The van der Waals surface area contributed by atoms with Gasteiger partial charge in [0.25, 0.3) is 0 Å². The summed E-state index contributed by atoms with van der Waals surface area (Å²) in [5.41, 5.74) is 3.35. The summed E-state index contributed by atoms with van der Waals surface area (Å²) in [4.78, 5) is 9.06. The number of aryl methyl sites for hydroxylation is 2. The summed E-state index contributed by atoms with van der Waals surface area (Å²) in [7, 11) is 0. The van der Waals surface area contributed by atoms with Crippen molar-refractivity contribution >= 4 is 0 Å². The molecule has 2 rings (SSSR count). The standard InChI is InChI=1S/C16H21N3/c1-4-17-15(14-8-6-5-7-9-14)11-16-18-12(2)10-13(3)19-16/h5-10,15,17H,4,11H2,1-3H3. The molecule has 0 saturated carbocycles. The zero-order chi connectivity index (χ0) is 13.7. The van der Waals surface area contributed by atoms with Gasteiger partial charge in [-0.3, -0.25) is 0 Å². The lowest BCUT2D eigenvalue weighted by Gasteiger charge is -2.18. The summed E-state index contributed by atoms with van der Waals surface area (Å²) in [6.07, 6.45) is 0.820. The van der Waals surface area contributed by atoms with Crippen LogP contribution < -0.4 is 5.32 Å². The lowest BCUT2D eigenvalue weighted by Crippen LogP contribution is -2.24. The third kappa shape index (κ3) is 3.86. The topological polar surface area (TPSA) is 37.8 Å². The van der Waals surface area contributed by atoms with Crippen molar-refractivity contribution in [2.75, 3.05) is 6.54 Å². The summed E-state index contributed by atoms with van der Waals surface area (Å²) in [5, 5.41) is 3.51. The molecule has 0 aliphatic carbocycles. The van der Waals surface area contributed by atoms with E-state index in [1.165, 1.54) is 5.56 Å². The van der Waals surface area contributed by atoms with Gasteiger partial charge in [-0.25, -0.2) is 9.97 Å². The molecule has 1 heterocycles. The molecule has 19 heavy (non-hydrogen) atoms. The molecule has 1 aromatic carbocycles. The molecule has 0 spiro atoms. The van der Waals surface area contributed by atoms with Crippen molar-refractivity contribution in [1.29, 1.82) is 0 Å². The van der Waals surface area contributed by atoms with Gasteiger partial charge in [0.05, 0.1) is 0 Å². The van der Waals surface area contributed by atoms with E-state index in [0.29, 0.717) is 0 Å². The Morgan fingerprint density at radius 1 is 1.05 bits per heavy atom. The zero-order valence-electron chi connectivity index (χ0n) is 11.9. The van der Waals surface area contributed by atoms with E-state index in [1.807, 2.05) is 26.0 Å². The summed E-state index contributed by atoms with van der Waals surface area (Å²) in [6, 6.07) is 12.8. The first-order chi connectivity index (χ1) is 9.19. The molecular weight excluding hydrogens is 234 g/mol. The highest BCUT2D eigenvalue weighted by molar-refractivity contribution is 5.20. The lowest BCUT2D eigenvalue weighted by atomic mass is 10.0. The van der Waals surface area contributed by atoms with E-state index < -0.39 is 0 Å². The highest BCUT2D eigenvalue weighted by Crippen LogP contribution is 2.16. The number of benzene rings is 1. The second kappa shape index (κ2) is 6.43. The molecule has 3 heteroatoms. The molecule has 0 bridgehead atoms. The monoisotopic (exact) mass is 255 g/mol. The van der Waals surface area contributed by atoms with Gasteiger partial charge in [-0.1, -0.05) is 37.3 Å². The van der Waals surface area contributed by atoms with Crippen molar-refractivity contribution in [3.05, 3.63) is 59.2 Å². The lowest BCUT2D eigenvalue weighted by molar-refractivity contribution is 0.535. The van der Waals surface area contributed by atoms with Crippen LogP contribution in [0.5, 0.6) is 0 Å². The largest absolute Gasteiger partial charge is 0.310 e.